The molecular weight excluding hydrogens is 396 g/mol. The molecule has 0 saturated heterocycles. The Morgan fingerprint density at radius 1 is 0.867 bits per heavy atom. The zero-order valence-electron chi connectivity index (χ0n) is 17.4. The Balaban J connectivity index is 1.91. The molecule has 1 amide bonds. The van der Waals surface area contributed by atoms with E-state index in [4.69, 9.17) is 0 Å². The van der Waals surface area contributed by atoms with Crippen LogP contribution in [0.2, 0.25) is 0 Å². The van der Waals surface area contributed by atoms with Gasteiger partial charge in [-0.2, -0.15) is 0 Å². The number of nitrogens with one attached hydrogen (secondary N) is 1. The van der Waals surface area contributed by atoms with Crippen LogP contribution in [0.25, 0.3) is 0 Å². The van der Waals surface area contributed by atoms with Crippen molar-refractivity contribution in [3.05, 3.63) is 95.1 Å². The van der Waals surface area contributed by atoms with Crippen LogP contribution in [0.3, 0.4) is 0 Å². The third kappa shape index (κ3) is 5.07. The minimum Gasteiger partial charge on any atom is -0.350 e. The Kier molecular flexibility index (Phi) is 6.57. The Morgan fingerprint density at radius 2 is 1.50 bits per heavy atom. The second-order valence-corrected chi connectivity index (χ2v) is 9.24. The van der Waals surface area contributed by atoms with Crippen LogP contribution in [0.5, 0.6) is 0 Å². The summed E-state index contributed by atoms with van der Waals surface area (Å²) in [5.74, 6) is -0.366. The standard InChI is InChI=1S/C24H26N2O3S/c1-18-9-12-22(13-10-18)30(28,29)26(23-14-11-19(2)15-20(23)3)17-24(27)25-16-21-7-5-4-6-8-21/h4-15H,16-17H2,1-3H3,(H,25,27). The number of benzene rings is 3. The maximum atomic E-state index is 13.4. The molecule has 3 aromatic rings. The van der Waals surface area contributed by atoms with Gasteiger partial charge in [0.2, 0.25) is 5.91 Å². The van der Waals surface area contributed by atoms with Crippen molar-refractivity contribution in [3.8, 4) is 0 Å². The summed E-state index contributed by atoms with van der Waals surface area (Å²) in [5.41, 5.74) is 4.23. The number of aryl methyl sites for hydroxylation is 3. The first-order valence-electron chi connectivity index (χ1n) is 9.74. The van der Waals surface area contributed by atoms with E-state index in [1.807, 2.05) is 63.2 Å². The molecule has 6 heteroatoms. The van der Waals surface area contributed by atoms with Gasteiger partial charge < -0.3 is 5.32 Å². The van der Waals surface area contributed by atoms with E-state index in [0.29, 0.717) is 12.2 Å². The van der Waals surface area contributed by atoms with Crippen molar-refractivity contribution < 1.29 is 13.2 Å². The van der Waals surface area contributed by atoms with E-state index in [2.05, 4.69) is 5.32 Å². The van der Waals surface area contributed by atoms with Crippen molar-refractivity contribution in [2.75, 3.05) is 10.8 Å². The molecule has 0 spiro atoms. The molecule has 0 aliphatic rings. The number of sulfonamides is 1. The zero-order chi connectivity index (χ0) is 21.7. The van der Waals surface area contributed by atoms with Crippen LogP contribution in [0, 0.1) is 20.8 Å². The third-order valence-corrected chi connectivity index (χ3v) is 6.62. The predicted octanol–water partition coefficient (Wildman–Crippen LogP) is 4.12. The van der Waals surface area contributed by atoms with Crippen LogP contribution < -0.4 is 9.62 Å². The molecule has 0 unspecified atom stereocenters. The topological polar surface area (TPSA) is 66.5 Å². The Hall–Kier alpha value is -3.12. The molecule has 0 atom stereocenters. The van der Waals surface area contributed by atoms with E-state index >= 15 is 0 Å². The minimum absolute atomic E-state index is 0.156. The summed E-state index contributed by atoms with van der Waals surface area (Å²) in [6.07, 6.45) is 0. The molecule has 3 rings (SSSR count). The van der Waals surface area contributed by atoms with E-state index in [-0.39, 0.29) is 17.3 Å². The normalized spacial score (nSPS) is 11.2. The van der Waals surface area contributed by atoms with E-state index < -0.39 is 10.0 Å². The fourth-order valence-corrected chi connectivity index (χ4v) is 4.69. The molecule has 1 N–H and O–H groups in total. The predicted molar refractivity (Wildman–Crippen MR) is 120 cm³/mol. The Bertz CT molecular complexity index is 1120. The highest BCUT2D eigenvalue weighted by Crippen LogP contribution is 2.27. The molecule has 3 aromatic carbocycles. The lowest BCUT2D eigenvalue weighted by Gasteiger charge is -2.26. The van der Waals surface area contributed by atoms with Crippen LogP contribution >= 0.6 is 0 Å². The first-order valence-corrected chi connectivity index (χ1v) is 11.2. The molecule has 0 aliphatic heterocycles. The average Bonchev–Trinajstić information content (AvgIpc) is 2.72. The van der Waals surface area contributed by atoms with Gasteiger partial charge >= 0.3 is 0 Å². The summed E-state index contributed by atoms with van der Waals surface area (Å²) in [6, 6.07) is 21.7. The number of nitrogens with zero attached hydrogens (tertiary/aromatic N) is 1. The van der Waals surface area contributed by atoms with Crippen molar-refractivity contribution in [1.82, 2.24) is 5.32 Å². The molecule has 0 heterocycles. The second kappa shape index (κ2) is 9.13. The highest BCUT2D eigenvalue weighted by atomic mass is 32.2. The van der Waals surface area contributed by atoms with Crippen LogP contribution in [-0.4, -0.2) is 20.9 Å². The number of hydrogen-bond donors (Lipinski definition) is 1. The van der Waals surface area contributed by atoms with Crippen LogP contribution in [-0.2, 0) is 21.4 Å². The quantitative estimate of drug-likeness (QED) is 0.623. The highest BCUT2D eigenvalue weighted by Gasteiger charge is 2.28. The van der Waals surface area contributed by atoms with Gasteiger partial charge in [0.25, 0.3) is 10.0 Å². The fraction of sp³-hybridized carbons (Fsp3) is 0.208. The van der Waals surface area contributed by atoms with E-state index in [1.165, 1.54) is 4.31 Å². The molecule has 5 nitrogen and oxygen atoms in total. The van der Waals surface area contributed by atoms with Crippen molar-refractivity contribution in [3.63, 3.8) is 0 Å². The van der Waals surface area contributed by atoms with Gasteiger partial charge in [-0.3, -0.25) is 9.10 Å². The van der Waals surface area contributed by atoms with Gasteiger partial charge in [-0.25, -0.2) is 8.42 Å². The summed E-state index contributed by atoms with van der Waals surface area (Å²) in [4.78, 5) is 12.8. The van der Waals surface area contributed by atoms with Crippen LogP contribution in [0.15, 0.2) is 77.7 Å². The Labute approximate surface area is 178 Å². The van der Waals surface area contributed by atoms with Gasteiger partial charge in [0.05, 0.1) is 10.6 Å². The fourth-order valence-electron chi connectivity index (χ4n) is 3.21. The number of anilines is 1. The second-order valence-electron chi connectivity index (χ2n) is 7.38. The van der Waals surface area contributed by atoms with Gasteiger partial charge in [-0.15, -0.1) is 0 Å². The van der Waals surface area contributed by atoms with Crippen molar-refractivity contribution in [2.45, 2.75) is 32.2 Å². The summed E-state index contributed by atoms with van der Waals surface area (Å²) >= 11 is 0. The average molecular weight is 423 g/mol. The van der Waals surface area contributed by atoms with Gasteiger partial charge in [0.15, 0.2) is 0 Å². The number of hydrogen-bond acceptors (Lipinski definition) is 3. The first-order chi connectivity index (χ1) is 14.3. The lowest BCUT2D eigenvalue weighted by Crippen LogP contribution is -2.41. The zero-order valence-corrected chi connectivity index (χ0v) is 18.2. The molecule has 0 bridgehead atoms. The minimum atomic E-state index is -3.91. The van der Waals surface area contributed by atoms with Gasteiger partial charge in [0, 0.05) is 6.54 Å². The van der Waals surface area contributed by atoms with Crippen molar-refractivity contribution in [1.29, 1.82) is 0 Å². The molecule has 0 fully saturated rings. The molecule has 156 valence electrons. The summed E-state index contributed by atoms with van der Waals surface area (Å²) in [5, 5.41) is 2.82. The smallest absolute Gasteiger partial charge is 0.264 e. The number of amides is 1. The highest BCUT2D eigenvalue weighted by molar-refractivity contribution is 7.92. The van der Waals surface area contributed by atoms with Crippen LogP contribution in [0.1, 0.15) is 22.3 Å². The molecule has 0 radical (unpaired) electrons. The number of carbonyl (C=O) groups is 1. The van der Waals surface area contributed by atoms with Gasteiger partial charge in [-0.05, 0) is 50.1 Å². The van der Waals surface area contributed by atoms with Crippen molar-refractivity contribution >= 4 is 21.6 Å². The molecule has 0 aliphatic carbocycles. The maximum absolute atomic E-state index is 13.4. The van der Waals surface area contributed by atoms with Crippen LogP contribution in [0.4, 0.5) is 5.69 Å². The maximum Gasteiger partial charge on any atom is 0.264 e. The largest absolute Gasteiger partial charge is 0.350 e. The molecule has 30 heavy (non-hydrogen) atoms. The summed E-state index contributed by atoms with van der Waals surface area (Å²) in [7, 11) is -3.91. The van der Waals surface area contributed by atoms with Gasteiger partial charge in [-0.1, -0.05) is 65.7 Å². The SMILES string of the molecule is Cc1ccc(S(=O)(=O)N(CC(=O)NCc2ccccc2)c2ccc(C)cc2C)cc1. The summed E-state index contributed by atoms with van der Waals surface area (Å²) in [6.45, 7) is 5.73. The first kappa shape index (κ1) is 21.6. The monoisotopic (exact) mass is 422 g/mol. The number of carbonyl (C=O) groups excluding carboxylic acids is 1. The Morgan fingerprint density at radius 3 is 2.13 bits per heavy atom. The molecular formula is C24H26N2O3S. The third-order valence-electron chi connectivity index (χ3n) is 4.85. The lowest BCUT2D eigenvalue weighted by molar-refractivity contribution is -0.119. The summed E-state index contributed by atoms with van der Waals surface area (Å²) < 4.78 is 28.1. The van der Waals surface area contributed by atoms with Crippen molar-refractivity contribution in [2.24, 2.45) is 0 Å². The van der Waals surface area contributed by atoms with E-state index in [1.54, 1.807) is 30.3 Å². The van der Waals surface area contributed by atoms with E-state index in [0.717, 1.165) is 22.3 Å². The molecule has 0 saturated carbocycles. The number of rotatable bonds is 7. The van der Waals surface area contributed by atoms with Gasteiger partial charge in [0.1, 0.15) is 6.54 Å². The van der Waals surface area contributed by atoms with E-state index in [9.17, 15) is 13.2 Å². The lowest BCUT2D eigenvalue weighted by atomic mass is 10.1. The molecule has 0 aromatic heterocycles.